The summed E-state index contributed by atoms with van der Waals surface area (Å²) in [6.07, 6.45) is 1.36. The van der Waals surface area contributed by atoms with Crippen LogP contribution in [0.15, 0.2) is 29.3 Å². The summed E-state index contributed by atoms with van der Waals surface area (Å²) in [6.45, 7) is 8.20. The van der Waals surface area contributed by atoms with Crippen molar-refractivity contribution in [2.24, 2.45) is 0 Å². The predicted molar refractivity (Wildman–Crippen MR) is 111 cm³/mol. The lowest BCUT2D eigenvalue weighted by atomic mass is 10.2. The van der Waals surface area contributed by atoms with Crippen LogP contribution in [0.4, 0.5) is 5.69 Å². The minimum Gasteiger partial charge on any atom is -0.276 e. The van der Waals surface area contributed by atoms with Gasteiger partial charge in [-0.2, -0.15) is 10.2 Å². The molecule has 2 heterocycles. The average Bonchev–Trinajstić information content (AvgIpc) is 3.12. The van der Waals surface area contributed by atoms with E-state index in [1.54, 1.807) is 35.3 Å². The van der Waals surface area contributed by atoms with Crippen molar-refractivity contribution in [3.8, 4) is 0 Å². The maximum Gasteiger partial charge on any atom is 0.265 e. The smallest absolute Gasteiger partial charge is 0.265 e. The van der Waals surface area contributed by atoms with Gasteiger partial charge < -0.3 is 0 Å². The molecule has 1 aromatic carbocycles. The van der Waals surface area contributed by atoms with E-state index in [0.717, 1.165) is 5.56 Å². The second-order valence-electron chi connectivity index (χ2n) is 6.45. The Morgan fingerprint density at radius 3 is 2.43 bits per heavy atom. The van der Waals surface area contributed by atoms with Crippen molar-refractivity contribution >= 4 is 38.9 Å². The first-order chi connectivity index (χ1) is 13.1. The number of benzene rings is 1. The van der Waals surface area contributed by atoms with Crippen molar-refractivity contribution in [1.29, 1.82) is 0 Å². The Morgan fingerprint density at radius 1 is 1.11 bits per heavy atom. The van der Waals surface area contributed by atoms with E-state index in [1.165, 1.54) is 6.20 Å². The van der Waals surface area contributed by atoms with Crippen LogP contribution in [0.3, 0.4) is 0 Å². The Bertz CT molecular complexity index is 1140. The van der Waals surface area contributed by atoms with Crippen molar-refractivity contribution in [3.63, 3.8) is 0 Å². The van der Waals surface area contributed by atoms with E-state index in [0.29, 0.717) is 45.9 Å². The minimum atomic E-state index is -3.78. The molecule has 0 unspecified atom stereocenters. The van der Waals surface area contributed by atoms with Gasteiger partial charge in [0.25, 0.3) is 10.0 Å². The molecule has 2 aromatic heterocycles. The predicted octanol–water partition coefficient (Wildman–Crippen LogP) is 4.18. The Morgan fingerprint density at radius 2 is 1.82 bits per heavy atom. The number of hydrogen-bond acceptors (Lipinski definition) is 4. The van der Waals surface area contributed by atoms with Crippen molar-refractivity contribution in [2.45, 2.75) is 45.7 Å². The van der Waals surface area contributed by atoms with E-state index >= 15 is 0 Å². The monoisotopic (exact) mass is 441 g/mol. The molecule has 0 aliphatic carbocycles. The molecule has 0 amide bonds. The Balaban J connectivity index is 1.92. The first-order valence-corrected chi connectivity index (χ1v) is 10.9. The van der Waals surface area contributed by atoms with Gasteiger partial charge in [0.2, 0.25) is 0 Å². The maximum absolute atomic E-state index is 12.9. The topological polar surface area (TPSA) is 81.8 Å². The van der Waals surface area contributed by atoms with Crippen molar-refractivity contribution in [3.05, 3.63) is 57.1 Å². The number of hydrogen-bond donors (Lipinski definition) is 1. The van der Waals surface area contributed by atoms with Gasteiger partial charge in [0, 0.05) is 16.6 Å². The van der Waals surface area contributed by atoms with Crippen molar-refractivity contribution < 1.29 is 8.42 Å². The van der Waals surface area contributed by atoms with Crippen LogP contribution in [-0.2, 0) is 23.1 Å². The van der Waals surface area contributed by atoms with Crippen LogP contribution in [0, 0.1) is 20.8 Å². The third-order valence-electron chi connectivity index (χ3n) is 4.60. The third-order valence-corrected chi connectivity index (χ3v) is 6.64. The number of sulfonamides is 1. The van der Waals surface area contributed by atoms with Crippen LogP contribution in [0.25, 0.3) is 0 Å². The lowest BCUT2D eigenvalue weighted by Gasteiger charge is -2.10. The highest BCUT2D eigenvalue weighted by atomic mass is 35.5. The highest BCUT2D eigenvalue weighted by Gasteiger charge is 2.24. The zero-order valence-corrected chi connectivity index (χ0v) is 18.3. The fourth-order valence-corrected chi connectivity index (χ4v) is 4.83. The molecule has 1 N–H and O–H groups in total. The highest BCUT2D eigenvalue weighted by Crippen LogP contribution is 2.27. The molecule has 10 heteroatoms. The first kappa shape index (κ1) is 20.7. The van der Waals surface area contributed by atoms with Gasteiger partial charge in [-0.15, -0.1) is 0 Å². The summed E-state index contributed by atoms with van der Waals surface area (Å²) in [4.78, 5) is 0.154. The lowest BCUT2D eigenvalue weighted by molar-refractivity contribution is 0.598. The Labute approximate surface area is 174 Å². The highest BCUT2D eigenvalue weighted by molar-refractivity contribution is 7.92. The van der Waals surface area contributed by atoms with Crippen LogP contribution in [0.5, 0.6) is 0 Å². The van der Waals surface area contributed by atoms with Crippen LogP contribution >= 0.6 is 23.2 Å². The molecule has 0 saturated carbocycles. The van der Waals surface area contributed by atoms with E-state index in [9.17, 15) is 8.42 Å². The van der Waals surface area contributed by atoms with Crippen LogP contribution < -0.4 is 4.72 Å². The lowest BCUT2D eigenvalue weighted by Crippen LogP contribution is -2.15. The van der Waals surface area contributed by atoms with Gasteiger partial charge in [-0.1, -0.05) is 29.3 Å². The third kappa shape index (κ3) is 3.90. The van der Waals surface area contributed by atoms with E-state index in [2.05, 4.69) is 14.9 Å². The number of nitrogens with zero attached hydrogens (tertiary/aromatic N) is 4. The summed E-state index contributed by atoms with van der Waals surface area (Å²) in [5, 5.41) is 9.67. The summed E-state index contributed by atoms with van der Waals surface area (Å²) in [7, 11) is -3.78. The van der Waals surface area contributed by atoms with Gasteiger partial charge in [-0.3, -0.25) is 14.1 Å². The van der Waals surface area contributed by atoms with Crippen LogP contribution in [0.1, 0.15) is 29.6 Å². The normalized spacial score (nSPS) is 11.8. The molecule has 0 aliphatic rings. The number of anilines is 1. The van der Waals surface area contributed by atoms with Gasteiger partial charge in [-0.05, 0) is 45.4 Å². The van der Waals surface area contributed by atoms with Gasteiger partial charge in [0.1, 0.15) is 4.90 Å². The standard InChI is InChI=1S/C18H21Cl2N5O2S/c1-5-24-12(3)17(9-21-24)28(26,27)23-18-11(2)22-25(13(18)4)10-14-6-7-15(19)8-16(14)20/h6-9,23H,5,10H2,1-4H3. The number of halogens is 2. The van der Waals surface area contributed by atoms with E-state index < -0.39 is 10.0 Å². The molecule has 28 heavy (non-hydrogen) atoms. The van der Waals surface area contributed by atoms with Crippen LogP contribution in [-0.4, -0.2) is 28.0 Å². The molecule has 0 saturated heterocycles. The molecule has 7 nitrogen and oxygen atoms in total. The second kappa shape index (κ2) is 7.77. The number of rotatable bonds is 6. The van der Waals surface area contributed by atoms with Gasteiger partial charge in [0.05, 0.1) is 35.5 Å². The number of aryl methyl sites for hydroxylation is 2. The molecular weight excluding hydrogens is 421 g/mol. The SMILES string of the molecule is CCn1ncc(S(=O)(=O)Nc2c(C)nn(Cc3ccc(Cl)cc3Cl)c2C)c1C. The summed E-state index contributed by atoms with van der Waals surface area (Å²) in [5.41, 5.74) is 3.14. The molecule has 0 radical (unpaired) electrons. The van der Waals surface area contributed by atoms with E-state index in [-0.39, 0.29) is 4.90 Å². The maximum atomic E-state index is 12.9. The van der Waals surface area contributed by atoms with Crippen molar-refractivity contribution in [2.75, 3.05) is 4.72 Å². The first-order valence-electron chi connectivity index (χ1n) is 8.67. The zero-order valence-electron chi connectivity index (χ0n) is 16.0. The molecule has 0 bridgehead atoms. The summed E-state index contributed by atoms with van der Waals surface area (Å²) < 4.78 is 31.8. The van der Waals surface area contributed by atoms with Gasteiger partial charge >= 0.3 is 0 Å². The molecule has 3 aromatic rings. The Kier molecular flexibility index (Phi) is 5.74. The van der Waals surface area contributed by atoms with E-state index in [4.69, 9.17) is 23.2 Å². The van der Waals surface area contributed by atoms with Crippen LogP contribution in [0.2, 0.25) is 10.0 Å². The molecule has 0 aliphatic heterocycles. The molecular formula is C18H21Cl2N5O2S. The summed E-state index contributed by atoms with van der Waals surface area (Å²) in [5.74, 6) is 0. The average molecular weight is 442 g/mol. The largest absolute Gasteiger partial charge is 0.276 e. The molecule has 3 rings (SSSR count). The Hall–Kier alpha value is -2.03. The van der Waals surface area contributed by atoms with E-state index in [1.807, 2.05) is 19.9 Å². The molecule has 0 spiro atoms. The number of aromatic nitrogens is 4. The van der Waals surface area contributed by atoms with Crippen molar-refractivity contribution in [1.82, 2.24) is 19.6 Å². The second-order valence-corrected chi connectivity index (χ2v) is 8.95. The minimum absolute atomic E-state index is 0.154. The fraction of sp³-hybridized carbons (Fsp3) is 0.333. The molecule has 150 valence electrons. The quantitative estimate of drug-likeness (QED) is 0.621. The summed E-state index contributed by atoms with van der Waals surface area (Å²) >= 11 is 12.2. The fourth-order valence-electron chi connectivity index (χ4n) is 3.01. The molecule has 0 fully saturated rings. The van der Waals surface area contributed by atoms with Gasteiger partial charge in [-0.25, -0.2) is 8.42 Å². The van der Waals surface area contributed by atoms with Gasteiger partial charge in [0.15, 0.2) is 0 Å². The number of nitrogens with one attached hydrogen (secondary N) is 1. The molecule has 0 atom stereocenters. The zero-order chi connectivity index (χ0) is 20.6. The summed E-state index contributed by atoms with van der Waals surface area (Å²) in [6, 6.07) is 5.25.